The zero-order valence-corrected chi connectivity index (χ0v) is 9.35. The Morgan fingerprint density at radius 1 is 1.38 bits per heavy atom. The van der Waals surface area contributed by atoms with Crippen LogP contribution < -0.4 is 4.90 Å². The van der Waals surface area contributed by atoms with Gasteiger partial charge in [0.1, 0.15) is 12.0 Å². The summed E-state index contributed by atoms with van der Waals surface area (Å²) in [5.74, 6) is -0.581. The molecule has 16 heavy (non-hydrogen) atoms. The molecule has 0 saturated carbocycles. The summed E-state index contributed by atoms with van der Waals surface area (Å²) in [6, 6.07) is 0. The maximum Gasteiger partial charge on any atom is 0.241 e. The molecular formula is C10H12FN5. The number of rotatable bonds is 2. The summed E-state index contributed by atoms with van der Waals surface area (Å²) in [5.41, 5.74) is 2.01. The molecule has 6 heteroatoms. The topological polar surface area (TPSA) is 46.8 Å². The molecule has 0 aliphatic heterocycles. The highest BCUT2D eigenvalue weighted by molar-refractivity contribution is 5.49. The van der Waals surface area contributed by atoms with E-state index in [1.807, 2.05) is 25.9 Å². The van der Waals surface area contributed by atoms with E-state index in [4.69, 9.17) is 0 Å². The fourth-order valence-electron chi connectivity index (χ4n) is 1.47. The van der Waals surface area contributed by atoms with Crippen LogP contribution in [-0.4, -0.2) is 33.8 Å². The quantitative estimate of drug-likeness (QED) is 0.714. The summed E-state index contributed by atoms with van der Waals surface area (Å²) < 4.78 is 14.8. The second kappa shape index (κ2) is 3.88. The molecule has 2 aromatic rings. The Hall–Kier alpha value is -1.98. The molecule has 0 aliphatic carbocycles. The maximum absolute atomic E-state index is 13.4. The van der Waals surface area contributed by atoms with E-state index in [0.29, 0.717) is 0 Å². The normalized spacial score (nSPS) is 10.5. The minimum Gasteiger partial charge on any atom is -0.375 e. The number of aromatic nitrogens is 4. The third-order valence-corrected chi connectivity index (χ3v) is 2.25. The number of hydrogen-bond acceptors (Lipinski definition) is 4. The molecule has 5 nitrogen and oxygen atoms in total. The molecule has 0 unspecified atom stereocenters. The van der Waals surface area contributed by atoms with Crippen LogP contribution in [0.4, 0.5) is 10.1 Å². The van der Waals surface area contributed by atoms with Crippen molar-refractivity contribution in [1.29, 1.82) is 0 Å². The minimum absolute atomic E-state index is 0.249. The van der Waals surface area contributed by atoms with Crippen LogP contribution in [0.15, 0.2) is 18.7 Å². The Kier molecular flexibility index (Phi) is 2.55. The number of anilines is 1. The summed E-state index contributed by atoms with van der Waals surface area (Å²) >= 11 is 0. The lowest BCUT2D eigenvalue weighted by Gasteiger charge is -2.08. The number of hydrogen-bond donors (Lipinski definition) is 0. The number of halogens is 1. The molecule has 0 spiro atoms. The van der Waals surface area contributed by atoms with Crippen LogP contribution in [0.1, 0.15) is 5.69 Å². The molecule has 84 valence electrons. The molecule has 0 bridgehead atoms. The monoisotopic (exact) mass is 221 g/mol. The molecule has 2 aromatic heterocycles. The molecule has 0 aromatic carbocycles. The average Bonchev–Trinajstić information content (AvgIpc) is 2.61. The van der Waals surface area contributed by atoms with Gasteiger partial charge in [0.05, 0.1) is 23.8 Å². The van der Waals surface area contributed by atoms with Crippen LogP contribution >= 0.6 is 0 Å². The summed E-state index contributed by atoms with van der Waals surface area (Å²) in [4.78, 5) is 9.18. The van der Waals surface area contributed by atoms with E-state index in [9.17, 15) is 4.39 Å². The van der Waals surface area contributed by atoms with Gasteiger partial charge in [0.25, 0.3) is 0 Å². The van der Waals surface area contributed by atoms with E-state index >= 15 is 0 Å². The van der Waals surface area contributed by atoms with Gasteiger partial charge in [0.15, 0.2) is 0 Å². The first kappa shape index (κ1) is 10.5. The van der Waals surface area contributed by atoms with Crippen LogP contribution in [-0.2, 0) is 0 Å². The first-order valence-corrected chi connectivity index (χ1v) is 4.79. The van der Waals surface area contributed by atoms with Crippen molar-refractivity contribution in [2.45, 2.75) is 6.92 Å². The highest BCUT2D eigenvalue weighted by atomic mass is 19.1. The Labute approximate surface area is 92.6 Å². The summed E-state index contributed by atoms with van der Waals surface area (Å²) in [5, 5.41) is 4.22. The third-order valence-electron chi connectivity index (χ3n) is 2.25. The lowest BCUT2D eigenvalue weighted by atomic mass is 10.4. The second-order valence-corrected chi connectivity index (χ2v) is 3.64. The minimum atomic E-state index is -0.581. The van der Waals surface area contributed by atoms with Crippen LogP contribution in [0, 0.1) is 12.9 Å². The van der Waals surface area contributed by atoms with E-state index in [0.717, 1.165) is 11.4 Å². The van der Waals surface area contributed by atoms with E-state index in [-0.39, 0.29) is 5.69 Å². The van der Waals surface area contributed by atoms with Gasteiger partial charge in [-0.25, -0.2) is 14.6 Å². The Bertz CT molecular complexity index is 506. The van der Waals surface area contributed by atoms with Crippen LogP contribution in [0.3, 0.4) is 0 Å². The number of nitrogens with zero attached hydrogens (tertiary/aromatic N) is 5. The van der Waals surface area contributed by atoms with Gasteiger partial charge in [-0.1, -0.05) is 0 Å². The van der Waals surface area contributed by atoms with Crippen molar-refractivity contribution in [3.63, 3.8) is 0 Å². The molecule has 0 aliphatic rings. The van der Waals surface area contributed by atoms with Crippen molar-refractivity contribution in [1.82, 2.24) is 19.7 Å². The SMILES string of the molecule is Cc1nn(-c2cncnc2F)cc1N(C)C. The van der Waals surface area contributed by atoms with Crippen molar-refractivity contribution < 1.29 is 4.39 Å². The van der Waals surface area contributed by atoms with E-state index in [1.54, 1.807) is 6.20 Å². The maximum atomic E-state index is 13.4. The molecule has 0 atom stereocenters. The molecule has 0 N–H and O–H groups in total. The summed E-state index contributed by atoms with van der Waals surface area (Å²) in [6.45, 7) is 1.87. The summed E-state index contributed by atoms with van der Waals surface area (Å²) in [6.07, 6.45) is 4.31. The molecule has 2 rings (SSSR count). The Balaban J connectivity index is 2.50. The van der Waals surface area contributed by atoms with Crippen molar-refractivity contribution in [2.75, 3.05) is 19.0 Å². The first-order valence-electron chi connectivity index (χ1n) is 4.79. The molecule has 0 radical (unpaired) electrons. The van der Waals surface area contributed by atoms with Gasteiger partial charge in [-0.3, -0.25) is 0 Å². The summed E-state index contributed by atoms with van der Waals surface area (Å²) in [7, 11) is 3.82. The fourth-order valence-corrected chi connectivity index (χ4v) is 1.47. The van der Waals surface area contributed by atoms with Crippen LogP contribution in [0.25, 0.3) is 5.69 Å². The van der Waals surface area contributed by atoms with Gasteiger partial charge in [-0.05, 0) is 6.92 Å². The Morgan fingerprint density at radius 3 is 2.69 bits per heavy atom. The Morgan fingerprint density at radius 2 is 2.12 bits per heavy atom. The van der Waals surface area contributed by atoms with Crippen molar-refractivity contribution in [3.8, 4) is 5.69 Å². The molecule has 2 heterocycles. The van der Waals surface area contributed by atoms with Crippen molar-refractivity contribution >= 4 is 5.69 Å². The first-order chi connectivity index (χ1) is 7.59. The van der Waals surface area contributed by atoms with Crippen molar-refractivity contribution in [3.05, 3.63) is 30.4 Å². The largest absolute Gasteiger partial charge is 0.375 e. The molecule has 0 saturated heterocycles. The van der Waals surface area contributed by atoms with Gasteiger partial charge >= 0.3 is 0 Å². The lowest BCUT2D eigenvalue weighted by Crippen LogP contribution is -2.08. The van der Waals surface area contributed by atoms with Crippen LogP contribution in [0.2, 0.25) is 0 Å². The van der Waals surface area contributed by atoms with E-state index in [2.05, 4.69) is 15.1 Å². The zero-order valence-electron chi connectivity index (χ0n) is 9.35. The highest BCUT2D eigenvalue weighted by Gasteiger charge is 2.11. The van der Waals surface area contributed by atoms with E-state index < -0.39 is 5.95 Å². The standard InChI is InChI=1S/C10H12FN5/c1-7-9(15(2)3)5-16(14-7)8-4-12-6-13-10(8)11/h4-6H,1-3H3. The van der Waals surface area contributed by atoms with Gasteiger partial charge in [0, 0.05) is 14.1 Å². The molecular weight excluding hydrogens is 209 g/mol. The molecule has 0 fully saturated rings. The van der Waals surface area contributed by atoms with Gasteiger partial charge in [0.2, 0.25) is 5.95 Å². The van der Waals surface area contributed by atoms with Crippen LogP contribution in [0.5, 0.6) is 0 Å². The smallest absolute Gasteiger partial charge is 0.241 e. The number of aryl methyl sites for hydroxylation is 1. The van der Waals surface area contributed by atoms with E-state index in [1.165, 1.54) is 17.2 Å². The predicted molar refractivity (Wildman–Crippen MR) is 58.2 cm³/mol. The van der Waals surface area contributed by atoms with Gasteiger partial charge in [-0.2, -0.15) is 9.49 Å². The third kappa shape index (κ3) is 1.73. The molecule has 0 amide bonds. The lowest BCUT2D eigenvalue weighted by molar-refractivity contribution is 0.563. The van der Waals surface area contributed by atoms with Gasteiger partial charge in [-0.15, -0.1) is 0 Å². The second-order valence-electron chi connectivity index (χ2n) is 3.64. The average molecular weight is 221 g/mol. The zero-order chi connectivity index (χ0) is 11.7. The van der Waals surface area contributed by atoms with Gasteiger partial charge < -0.3 is 4.90 Å². The highest BCUT2D eigenvalue weighted by Crippen LogP contribution is 2.18. The van der Waals surface area contributed by atoms with Crippen molar-refractivity contribution in [2.24, 2.45) is 0 Å². The fraction of sp³-hybridized carbons (Fsp3) is 0.300. The predicted octanol–water partition coefficient (Wildman–Crippen LogP) is 1.18.